The molecule has 1 atom stereocenters. The molecule has 1 rings (SSSR count). The Bertz CT molecular complexity index is 377. The minimum Gasteiger partial charge on any atom is -0.311 e. The summed E-state index contributed by atoms with van der Waals surface area (Å²) in [5, 5.41) is 4.63. The highest BCUT2D eigenvalue weighted by Crippen LogP contribution is 2.16. The lowest BCUT2D eigenvalue weighted by molar-refractivity contribution is 0.332. The Morgan fingerprint density at radius 3 is 2.10 bits per heavy atom. The van der Waals surface area contributed by atoms with Crippen LogP contribution in [0.15, 0.2) is 24.3 Å². The van der Waals surface area contributed by atoms with Crippen LogP contribution in [0, 0.1) is 11.8 Å². The molecule has 0 spiro atoms. The van der Waals surface area contributed by atoms with Crippen molar-refractivity contribution in [2.75, 3.05) is 0 Å². The summed E-state index contributed by atoms with van der Waals surface area (Å²) < 4.78 is 0. The van der Waals surface area contributed by atoms with Crippen molar-refractivity contribution in [3.63, 3.8) is 0 Å². The van der Waals surface area contributed by atoms with Crippen LogP contribution in [0.2, 0.25) is 5.02 Å². The van der Waals surface area contributed by atoms with Crippen molar-refractivity contribution < 1.29 is 0 Å². The SMILES string of the molecule is CC(C)CC(CC(C)C)NC(C)Cc1cccc(Cl)c1. The van der Waals surface area contributed by atoms with Crippen molar-refractivity contribution in [1.82, 2.24) is 5.32 Å². The summed E-state index contributed by atoms with van der Waals surface area (Å²) in [4.78, 5) is 0. The number of benzene rings is 1. The third-order valence-electron chi connectivity index (χ3n) is 3.46. The van der Waals surface area contributed by atoms with Crippen LogP contribution >= 0.6 is 11.6 Å². The molecule has 0 bridgehead atoms. The molecular weight excluding hydrogens is 266 g/mol. The summed E-state index contributed by atoms with van der Waals surface area (Å²) >= 11 is 6.05. The van der Waals surface area contributed by atoms with Gasteiger partial charge < -0.3 is 5.32 Å². The molecule has 1 aromatic carbocycles. The van der Waals surface area contributed by atoms with Gasteiger partial charge in [0.25, 0.3) is 0 Å². The van der Waals surface area contributed by atoms with Gasteiger partial charge in [0, 0.05) is 17.1 Å². The zero-order chi connectivity index (χ0) is 15.1. The lowest BCUT2D eigenvalue weighted by Crippen LogP contribution is -2.39. The van der Waals surface area contributed by atoms with Gasteiger partial charge in [-0.25, -0.2) is 0 Å². The normalized spacial score (nSPS) is 13.4. The van der Waals surface area contributed by atoms with Crippen molar-refractivity contribution in [1.29, 1.82) is 0 Å². The second-order valence-corrected chi connectivity index (χ2v) is 7.29. The van der Waals surface area contributed by atoms with Gasteiger partial charge in [-0.1, -0.05) is 51.4 Å². The Labute approximate surface area is 130 Å². The largest absolute Gasteiger partial charge is 0.311 e. The molecule has 114 valence electrons. The highest BCUT2D eigenvalue weighted by Gasteiger charge is 2.15. The van der Waals surface area contributed by atoms with Gasteiger partial charge in [-0.2, -0.15) is 0 Å². The van der Waals surface area contributed by atoms with E-state index in [0.717, 1.165) is 23.3 Å². The molecule has 1 nitrogen and oxygen atoms in total. The van der Waals surface area contributed by atoms with Crippen molar-refractivity contribution in [2.24, 2.45) is 11.8 Å². The number of nitrogens with one attached hydrogen (secondary N) is 1. The minimum atomic E-state index is 0.482. The van der Waals surface area contributed by atoms with E-state index in [9.17, 15) is 0 Å². The summed E-state index contributed by atoms with van der Waals surface area (Å²) in [6.45, 7) is 11.5. The number of rotatable bonds is 8. The quantitative estimate of drug-likeness (QED) is 0.684. The highest BCUT2D eigenvalue weighted by molar-refractivity contribution is 6.30. The van der Waals surface area contributed by atoms with E-state index in [1.807, 2.05) is 12.1 Å². The molecule has 1 aromatic rings. The maximum atomic E-state index is 6.05. The number of hydrogen-bond donors (Lipinski definition) is 1. The summed E-state index contributed by atoms with van der Waals surface area (Å²) in [6.07, 6.45) is 3.53. The van der Waals surface area contributed by atoms with E-state index in [4.69, 9.17) is 11.6 Å². The Morgan fingerprint density at radius 2 is 1.60 bits per heavy atom. The lowest BCUT2D eigenvalue weighted by Gasteiger charge is -2.26. The van der Waals surface area contributed by atoms with Crippen molar-refractivity contribution >= 4 is 11.6 Å². The van der Waals surface area contributed by atoms with E-state index in [2.05, 4.69) is 52.1 Å². The maximum absolute atomic E-state index is 6.05. The molecule has 0 fully saturated rings. The molecule has 0 aromatic heterocycles. The van der Waals surface area contributed by atoms with Gasteiger partial charge in [-0.15, -0.1) is 0 Å². The van der Waals surface area contributed by atoms with Crippen LogP contribution in [-0.4, -0.2) is 12.1 Å². The first-order chi connectivity index (χ1) is 9.36. The summed E-state index contributed by atoms with van der Waals surface area (Å²) in [5.41, 5.74) is 1.31. The first-order valence-corrected chi connectivity index (χ1v) is 8.25. The Hall–Kier alpha value is -0.530. The first-order valence-electron chi connectivity index (χ1n) is 7.87. The molecule has 1 N–H and O–H groups in total. The van der Waals surface area contributed by atoms with Gasteiger partial charge in [0.2, 0.25) is 0 Å². The lowest BCUT2D eigenvalue weighted by atomic mass is 9.94. The predicted molar refractivity (Wildman–Crippen MR) is 90.5 cm³/mol. The van der Waals surface area contributed by atoms with E-state index in [1.165, 1.54) is 18.4 Å². The van der Waals surface area contributed by atoms with Crippen LogP contribution in [0.4, 0.5) is 0 Å². The Morgan fingerprint density at radius 1 is 1.00 bits per heavy atom. The molecule has 1 unspecified atom stereocenters. The first kappa shape index (κ1) is 17.5. The predicted octanol–water partition coefficient (Wildman–Crippen LogP) is 5.32. The van der Waals surface area contributed by atoms with Gasteiger partial charge in [0.1, 0.15) is 0 Å². The van der Waals surface area contributed by atoms with Crippen LogP contribution in [-0.2, 0) is 6.42 Å². The standard InChI is InChI=1S/C18H30ClN/c1-13(2)9-18(10-14(3)4)20-15(5)11-16-7-6-8-17(19)12-16/h6-8,12-15,18,20H,9-11H2,1-5H3. The maximum Gasteiger partial charge on any atom is 0.0408 e. The van der Waals surface area contributed by atoms with Crippen molar-refractivity contribution in [2.45, 2.75) is 66.0 Å². The fourth-order valence-corrected chi connectivity index (χ4v) is 3.06. The molecule has 0 radical (unpaired) electrons. The van der Waals surface area contributed by atoms with Gasteiger partial charge in [0.05, 0.1) is 0 Å². The van der Waals surface area contributed by atoms with E-state index in [0.29, 0.717) is 12.1 Å². The minimum absolute atomic E-state index is 0.482. The van der Waals surface area contributed by atoms with E-state index < -0.39 is 0 Å². The molecule has 0 amide bonds. The van der Waals surface area contributed by atoms with Crippen molar-refractivity contribution in [3.8, 4) is 0 Å². The summed E-state index contributed by atoms with van der Waals surface area (Å²) in [5.74, 6) is 1.48. The second-order valence-electron chi connectivity index (χ2n) is 6.86. The smallest absolute Gasteiger partial charge is 0.0408 e. The van der Waals surface area contributed by atoms with E-state index in [-0.39, 0.29) is 0 Å². The van der Waals surface area contributed by atoms with Crippen LogP contribution in [0.25, 0.3) is 0 Å². The van der Waals surface area contributed by atoms with Crippen LogP contribution in [0.1, 0.15) is 53.0 Å². The molecule has 2 heteroatoms. The van der Waals surface area contributed by atoms with Crippen molar-refractivity contribution in [3.05, 3.63) is 34.9 Å². The van der Waals surface area contributed by atoms with Crippen LogP contribution < -0.4 is 5.32 Å². The average molecular weight is 296 g/mol. The monoisotopic (exact) mass is 295 g/mol. The molecule has 0 aliphatic heterocycles. The Balaban J connectivity index is 2.54. The topological polar surface area (TPSA) is 12.0 Å². The molecule has 0 saturated heterocycles. The molecule has 0 heterocycles. The number of halogens is 1. The summed E-state index contributed by atoms with van der Waals surface area (Å²) in [7, 11) is 0. The van der Waals surface area contributed by atoms with E-state index in [1.54, 1.807) is 0 Å². The highest BCUT2D eigenvalue weighted by atomic mass is 35.5. The van der Waals surface area contributed by atoms with Gasteiger partial charge in [-0.05, 0) is 55.7 Å². The summed E-state index contributed by atoms with van der Waals surface area (Å²) in [6, 6.07) is 9.29. The number of hydrogen-bond acceptors (Lipinski definition) is 1. The average Bonchev–Trinajstić information content (AvgIpc) is 2.26. The van der Waals surface area contributed by atoms with Crippen LogP contribution in [0.5, 0.6) is 0 Å². The zero-order valence-electron chi connectivity index (χ0n) is 13.6. The van der Waals surface area contributed by atoms with Gasteiger partial charge in [-0.3, -0.25) is 0 Å². The molecule has 0 aliphatic carbocycles. The molecule has 20 heavy (non-hydrogen) atoms. The third kappa shape index (κ3) is 7.31. The zero-order valence-corrected chi connectivity index (χ0v) is 14.4. The second kappa shape index (κ2) is 8.69. The van der Waals surface area contributed by atoms with Crippen LogP contribution in [0.3, 0.4) is 0 Å². The molecule has 0 aliphatic rings. The Kier molecular flexibility index (Phi) is 7.61. The molecule has 0 saturated carbocycles. The van der Waals surface area contributed by atoms with E-state index >= 15 is 0 Å². The van der Waals surface area contributed by atoms with Gasteiger partial charge >= 0.3 is 0 Å². The fraction of sp³-hybridized carbons (Fsp3) is 0.667. The third-order valence-corrected chi connectivity index (χ3v) is 3.70. The fourth-order valence-electron chi connectivity index (χ4n) is 2.85. The molecular formula is C18H30ClN. The van der Waals surface area contributed by atoms with Gasteiger partial charge in [0.15, 0.2) is 0 Å².